The number of amides is 1. The number of nitrogens with zero attached hydrogens (tertiary/aromatic N) is 1. The number of benzene rings is 2. The highest BCUT2D eigenvalue weighted by atomic mass is 35.5. The minimum atomic E-state index is -3.40. The van der Waals surface area contributed by atoms with Gasteiger partial charge in [-0.15, -0.1) is 0 Å². The zero-order valence-electron chi connectivity index (χ0n) is 15.5. The van der Waals surface area contributed by atoms with Crippen molar-refractivity contribution in [2.75, 3.05) is 18.4 Å². The highest BCUT2D eigenvalue weighted by Crippen LogP contribution is 2.27. The van der Waals surface area contributed by atoms with Crippen LogP contribution in [0.1, 0.15) is 24.0 Å². The lowest BCUT2D eigenvalue weighted by atomic mass is 9.97. The molecule has 0 bridgehead atoms. The van der Waals surface area contributed by atoms with Crippen molar-refractivity contribution in [3.63, 3.8) is 0 Å². The van der Waals surface area contributed by atoms with Crippen LogP contribution in [0.5, 0.6) is 0 Å². The summed E-state index contributed by atoms with van der Waals surface area (Å²) in [5.74, 6) is -0.387. The Morgan fingerprint density at radius 3 is 2.32 bits per heavy atom. The van der Waals surface area contributed by atoms with Gasteiger partial charge in [0.15, 0.2) is 0 Å². The van der Waals surface area contributed by atoms with Crippen LogP contribution in [0.2, 0.25) is 10.0 Å². The maximum absolute atomic E-state index is 12.7. The normalized spacial score (nSPS) is 16.1. The van der Waals surface area contributed by atoms with Crippen molar-refractivity contribution in [2.45, 2.75) is 25.5 Å². The molecule has 0 saturated carbocycles. The molecule has 0 spiro atoms. The summed E-state index contributed by atoms with van der Waals surface area (Å²) in [6, 6.07) is 12.4. The van der Waals surface area contributed by atoms with Crippen LogP contribution in [0.4, 0.5) is 5.69 Å². The van der Waals surface area contributed by atoms with E-state index in [2.05, 4.69) is 5.32 Å². The molecule has 0 aliphatic carbocycles. The third kappa shape index (κ3) is 5.26. The number of carbonyl (C=O) groups excluding carboxylic acids is 1. The third-order valence-electron chi connectivity index (χ3n) is 4.87. The van der Waals surface area contributed by atoms with Crippen molar-refractivity contribution >= 4 is 44.8 Å². The predicted molar refractivity (Wildman–Crippen MR) is 113 cm³/mol. The average molecular weight is 441 g/mol. The van der Waals surface area contributed by atoms with E-state index in [1.54, 1.807) is 18.2 Å². The molecule has 1 saturated heterocycles. The van der Waals surface area contributed by atoms with Crippen LogP contribution in [0, 0.1) is 12.8 Å². The number of sulfonamides is 1. The fourth-order valence-corrected chi connectivity index (χ4v) is 5.06. The first-order valence-electron chi connectivity index (χ1n) is 9.04. The van der Waals surface area contributed by atoms with Gasteiger partial charge in [-0.05, 0) is 43.5 Å². The van der Waals surface area contributed by atoms with Gasteiger partial charge in [-0.25, -0.2) is 12.7 Å². The Kier molecular flexibility index (Phi) is 6.65. The molecule has 8 heteroatoms. The van der Waals surface area contributed by atoms with Crippen LogP contribution in [0.15, 0.2) is 42.5 Å². The van der Waals surface area contributed by atoms with Crippen molar-refractivity contribution in [3.8, 4) is 0 Å². The summed E-state index contributed by atoms with van der Waals surface area (Å²) in [6.45, 7) is 2.65. The molecule has 0 atom stereocenters. The molecule has 1 amide bonds. The minimum absolute atomic E-state index is 0.0204. The molecule has 1 aliphatic heterocycles. The van der Waals surface area contributed by atoms with Crippen LogP contribution in [-0.2, 0) is 20.6 Å². The molecule has 2 aromatic carbocycles. The largest absolute Gasteiger partial charge is 0.326 e. The van der Waals surface area contributed by atoms with Crippen LogP contribution in [-0.4, -0.2) is 31.7 Å². The lowest BCUT2D eigenvalue weighted by molar-refractivity contribution is -0.120. The molecule has 150 valence electrons. The Morgan fingerprint density at radius 2 is 1.71 bits per heavy atom. The average Bonchev–Trinajstić information content (AvgIpc) is 2.66. The first-order valence-corrected chi connectivity index (χ1v) is 11.4. The number of piperidine rings is 1. The monoisotopic (exact) mass is 440 g/mol. The number of aryl methyl sites for hydroxylation is 1. The number of hydrogen-bond acceptors (Lipinski definition) is 3. The summed E-state index contributed by atoms with van der Waals surface area (Å²) in [5.41, 5.74) is 2.44. The smallest absolute Gasteiger partial charge is 0.227 e. The summed E-state index contributed by atoms with van der Waals surface area (Å²) >= 11 is 11.9. The number of nitrogens with one attached hydrogen (secondary N) is 1. The van der Waals surface area contributed by atoms with Gasteiger partial charge in [-0.3, -0.25) is 4.79 Å². The van der Waals surface area contributed by atoms with Gasteiger partial charge in [-0.1, -0.05) is 53.0 Å². The molecule has 1 aliphatic rings. The second kappa shape index (κ2) is 8.82. The molecule has 0 aromatic heterocycles. The minimum Gasteiger partial charge on any atom is -0.326 e. The standard InChI is InChI=1S/C20H22Cl2N2O3S/c1-14-2-4-15(5-3-14)13-28(26,27)24-10-8-16(9-11-24)20(25)23-17-6-7-18(21)19(22)12-17/h2-7,12,16H,8-11,13H2,1H3,(H,23,25). The maximum atomic E-state index is 12.7. The summed E-state index contributed by atoms with van der Waals surface area (Å²) < 4.78 is 26.8. The number of carbonyl (C=O) groups is 1. The molecule has 0 unspecified atom stereocenters. The van der Waals surface area contributed by atoms with E-state index in [0.717, 1.165) is 11.1 Å². The lowest BCUT2D eigenvalue weighted by Gasteiger charge is -2.30. The van der Waals surface area contributed by atoms with Crippen molar-refractivity contribution in [1.82, 2.24) is 4.31 Å². The molecule has 1 fully saturated rings. The molecule has 5 nitrogen and oxygen atoms in total. The number of halogens is 2. The second-order valence-electron chi connectivity index (χ2n) is 7.03. The summed E-state index contributed by atoms with van der Waals surface area (Å²) in [7, 11) is -3.40. The maximum Gasteiger partial charge on any atom is 0.227 e. The highest BCUT2D eigenvalue weighted by Gasteiger charge is 2.31. The van der Waals surface area contributed by atoms with Gasteiger partial charge in [0.2, 0.25) is 15.9 Å². The van der Waals surface area contributed by atoms with Crippen LogP contribution < -0.4 is 5.32 Å². The van der Waals surface area contributed by atoms with Gasteiger partial charge in [0.25, 0.3) is 0 Å². The zero-order valence-corrected chi connectivity index (χ0v) is 17.8. The summed E-state index contributed by atoms with van der Waals surface area (Å²) in [6.07, 6.45) is 0.973. The van der Waals surface area contributed by atoms with Crippen LogP contribution in [0.3, 0.4) is 0 Å². The molecule has 1 heterocycles. The third-order valence-corrected chi connectivity index (χ3v) is 7.46. The lowest BCUT2D eigenvalue weighted by Crippen LogP contribution is -2.41. The molecule has 3 rings (SSSR count). The number of hydrogen-bond donors (Lipinski definition) is 1. The Bertz CT molecular complexity index is 954. The number of rotatable bonds is 5. The van der Waals surface area contributed by atoms with Gasteiger partial charge in [-0.2, -0.15) is 0 Å². The molecule has 1 N–H and O–H groups in total. The van der Waals surface area contributed by atoms with Crippen LogP contribution >= 0.6 is 23.2 Å². The van der Waals surface area contributed by atoms with E-state index in [-0.39, 0.29) is 17.6 Å². The molecule has 0 radical (unpaired) electrons. The Hall–Kier alpha value is -1.60. The van der Waals surface area contributed by atoms with E-state index < -0.39 is 10.0 Å². The predicted octanol–water partition coefficient (Wildman–Crippen LogP) is 4.48. The Balaban J connectivity index is 1.56. The Morgan fingerprint density at radius 1 is 1.07 bits per heavy atom. The van der Waals surface area contributed by atoms with Gasteiger partial charge >= 0.3 is 0 Å². The van der Waals surface area contributed by atoms with Crippen molar-refractivity contribution in [1.29, 1.82) is 0 Å². The quantitative estimate of drug-likeness (QED) is 0.744. The van der Waals surface area contributed by atoms with Crippen molar-refractivity contribution in [3.05, 3.63) is 63.6 Å². The fourth-order valence-electron chi connectivity index (χ4n) is 3.20. The van der Waals surface area contributed by atoms with Gasteiger partial charge in [0.05, 0.1) is 15.8 Å². The highest BCUT2D eigenvalue weighted by molar-refractivity contribution is 7.88. The fraction of sp³-hybridized carbons (Fsp3) is 0.350. The Labute approximate surface area is 175 Å². The van der Waals surface area contributed by atoms with Crippen molar-refractivity contribution < 1.29 is 13.2 Å². The number of anilines is 1. The first kappa shape index (κ1) is 21.1. The van der Waals surface area contributed by atoms with E-state index >= 15 is 0 Å². The van der Waals surface area contributed by atoms with Gasteiger partial charge in [0.1, 0.15) is 0 Å². The van der Waals surface area contributed by atoms with E-state index in [1.165, 1.54) is 4.31 Å². The van der Waals surface area contributed by atoms with Gasteiger partial charge in [0, 0.05) is 24.7 Å². The second-order valence-corrected chi connectivity index (χ2v) is 9.82. The van der Waals surface area contributed by atoms with Crippen molar-refractivity contribution in [2.24, 2.45) is 5.92 Å². The SMILES string of the molecule is Cc1ccc(CS(=O)(=O)N2CCC(C(=O)Nc3ccc(Cl)c(Cl)c3)CC2)cc1. The summed E-state index contributed by atoms with van der Waals surface area (Å²) in [4.78, 5) is 12.5. The molecular formula is C20H22Cl2N2O3S. The summed E-state index contributed by atoms with van der Waals surface area (Å²) in [5, 5.41) is 3.62. The first-order chi connectivity index (χ1) is 13.2. The van der Waals surface area contributed by atoms with Gasteiger partial charge < -0.3 is 5.32 Å². The topological polar surface area (TPSA) is 66.5 Å². The van der Waals surface area contributed by atoms with E-state index in [9.17, 15) is 13.2 Å². The molecular weight excluding hydrogens is 419 g/mol. The van der Waals surface area contributed by atoms with E-state index in [4.69, 9.17) is 23.2 Å². The molecule has 2 aromatic rings. The zero-order chi connectivity index (χ0) is 20.3. The van der Waals surface area contributed by atoms with Crippen LogP contribution in [0.25, 0.3) is 0 Å². The molecule has 28 heavy (non-hydrogen) atoms. The van der Waals surface area contributed by atoms with E-state index in [0.29, 0.717) is 41.7 Å². The van der Waals surface area contributed by atoms with E-state index in [1.807, 2.05) is 31.2 Å².